The number of rotatable bonds is 4. The van der Waals surface area contributed by atoms with Gasteiger partial charge in [-0.15, -0.1) is 0 Å². The maximum atomic E-state index is 13.6. The number of hydrogen-bond donors (Lipinski definition) is 1. The predicted octanol–water partition coefficient (Wildman–Crippen LogP) is 4.15. The molecule has 1 saturated heterocycles. The number of nitrogens with two attached hydrogens (primary N) is 1. The molecule has 1 unspecified atom stereocenters. The van der Waals surface area contributed by atoms with E-state index in [2.05, 4.69) is 17.0 Å². The standard InChI is InChI=1S/C24H27FN2O/c25-20-6-2-5-18(13-20)17-4-1-3-16(11-17)12-22-21(26)7-10-27(22)23(28)19-14-24(15-19)8-9-24/h1-6,11,13,19,21-22H,7-10,12,14-15,26H2/t21?,22-/m0/s1. The molecule has 1 heterocycles. The summed E-state index contributed by atoms with van der Waals surface area (Å²) in [7, 11) is 0. The van der Waals surface area contributed by atoms with Gasteiger partial charge in [-0.25, -0.2) is 4.39 Å². The smallest absolute Gasteiger partial charge is 0.226 e. The van der Waals surface area contributed by atoms with Crippen LogP contribution in [-0.2, 0) is 11.2 Å². The molecule has 2 atom stereocenters. The van der Waals surface area contributed by atoms with E-state index in [1.54, 1.807) is 12.1 Å². The quantitative estimate of drug-likeness (QED) is 0.869. The first-order valence-corrected chi connectivity index (χ1v) is 10.4. The molecule has 2 aromatic rings. The lowest BCUT2D eigenvalue weighted by molar-refractivity contribution is -0.141. The van der Waals surface area contributed by atoms with Gasteiger partial charge in [0.2, 0.25) is 5.91 Å². The molecular weight excluding hydrogens is 351 g/mol. The lowest BCUT2D eigenvalue weighted by Crippen LogP contribution is -2.49. The van der Waals surface area contributed by atoms with Crippen molar-refractivity contribution in [3.63, 3.8) is 0 Å². The minimum atomic E-state index is -0.230. The van der Waals surface area contributed by atoms with Crippen LogP contribution in [0.5, 0.6) is 0 Å². The van der Waals surface area contributed by atoms with Gasteiger partial charge in [0.1, 0.15) is 5.82 Å². The topological polar surface area (TPSA) is 46.3 Å². The van der Waals surface area contributed by atoms with E-state index >= 15 is 0 Å². The molecular formula is C24H27FN2O. The lowest BCUT2D eigenvalue weighted by atomic mass is 9.71. The monoisotopic (exact) mass is 378 g/mol. The van der Waals surface area contributed by atoms with E-state index in [-0.39, 0.29) is 23.8 Å². The van der Waals surface area contributed by atoms with Crippen molar-refractivity contribution in [1.29, 1.82) is 0 Å². The molecule has 3 fully saturated rings. The van der Waals surface area contributed by atoms with E-state index in [1.807, 2.05) is 18.2 Å². The van der Waals surface area contributed by atoms with Crippen LogP contribution in [0, 0.1) is 17.2 Å². The Hall–Kier alpha value is -2.20. The van der Waals surface area contributed by atoms with E-state index in [1.165, 1.54) is 18.9 Å². The number of hydrogen-bond acceptors (Lipinski definition) is 2. The molecule has 146 valence electrons. The van der Waals surface area contributed by atoms with Crippen molar-refractivity contribution in [3.8, 4) is 11.1 Å². The van der Waals surface area contributed by atoms with E-state index < -0.39 is 0 Å². The Morgan fingerprint density at radius 3 is 2.54 bits per heavy atom. The minimum absolute atomic E-state index is 0.0248. The minimum Gasteiger partial charge on any atom is -0.338 e. The van der Waals surface area contributed by atoms with Crippen molar-refractivity contribution >= 4 is 5.91 Å². The van der Waals surface area contributed by atoms with Crippen molar-refractivity contribution < 1.29 is 9.18 Å². The molecule has 3 aliphatic rings. The molecule has 2 N–H and O–H groups in total. The Bertz CT molecular complexity index is 899. The van der Waals surface area contributed by atoms with E-state index in [0.29, 0.717) is 11.3 Å². The van der Waals surface area contributed by atoms with Crippen LogP contribution in [0.15, 0.2) is 48.5 Å². The molecule has 4 heteroatoms. The molecule has 0 bridgehead atoms. The molecule has 2 aromatic carbocycles. The summed E-state index contributed by atoms with van der Waals surface area (Å²) in [5.41, 5.74) is 9.96. The molecule has 1 aliphatic heterocycles. The highest BCUT2D eigenvalue weighted by Gasteiger charge is 2.56. The molecule has 2 saturated carbocycles. The Labute approximate surface area is 165 Å². The average Bonchev–Trinajstić information content (AvgIpc) is 3.40. The summed E-state index contributed by atoms with van der Waals surface area (Å²) >= 11 is 0. The highest BCUT2D eigenvalue weighted by molar-refractivity contribution is 5.81. The number of halogens is 1. The number of carbonyl (C=O) groups excluding carboxylic acids is 1. The molecule has 3 nitrogen and oxygen atoms in total. The zero-order valence-electron chi connectivity index (χ0n) is 16.1. The van der Waals surface area contributed by atoms with Crippen LogP contribution in [0.3, 0.4) is 0 Å². The SMILES string of the molecule is NC1CCN(C(=O)C2CC3(CC3)C2)[C@H]1Cc1cccc(-c2cccc(F)c2)c1. The normalized spacial score (nSPS) is 25.7. The first kappa shape index (κ1) is 17.9. The lowest BCUT2D eigenvalue weighted by Gasteiger charge is -2.39. The van der Waals surface area contributed by atoms with Gasteiger partial charge < -0.3 is 10.6 Å². The fourth-order valence-corrected chi connectivity index (χ4v) is 5.18. The van der Waals surface area contributed by atoms with Crippen molar-refractivity contribution in [2.45, 2.75) is 50.6 Å². The van der Waals surface area contributed by atoms with Crippen LogP contribution in [0.25, 0.3) is 11.1 Å². The zero-order valence-corrected chi connectivity index (χ0v) is 16.1. The van der Waals surface area contributed by atoms with Crippen LogP contribution in [0.4, 0.5) is 4.39 Å². The third-order valence-corrected chi connectivity index (χ3v) is 7.08. The van der Waals surface area contributed by atoms with Crippen LogP contribution in [0.1, 0.15) is 37.7 Å². The second-order valence-corrected chi connectivity index (χ2v) is 9.07. The first-order chi connectivity index (χ1) is 13.5. The fourth-order valence-electron chi connectivity index (χ4n) is 5.18. The van der Waals surface area contributed by atoms with Crippen LogP contribution < -0.4 is 5.73 Å². The Kier molecular flexibility index (Phi) is 4.27. The Morgan fingerprint density at radius 2 is 1.82 bits per heavy atom. The highest BCUT2D eigenvalue weighted by atomic mass is 19.1. The van der Waals surface area contributed by atoms with Gasteiger partial charge in [-0.1, -0.05) is 36.4 Å². The highest BCUT2D eigenvalue weighted by Crippen LogP contribution is 2.63. The fraction of sp³-hybridized carbons (Fsp3) is 0.458. The second kappa shape index (κ2) is 6.70. The van der Waals surface area contributed by atoms with Gasteiger partial charge >= 0.3 is 0 Å². The van der Waals surface area contributed by atoms with Gasteiger partial charge in [-0.05, 0) is 72.8 Å². The number of amides is 1. The number of benzene rings is 2. The molecule has 5 rings (SSSR count). The summed E-state index contributed by atoms with van der Waals surface area (Å²) in [5.74, 6) is 0.303. The third-order valence-electron chi connectivity index (χ3n) is 7.08. The van der Waals surface area contributed by atoms with Crippen molar-refractivity contribution in [3.05, 3.63) is 59.9 Å². The van der Waals surface area contributed by atoms with Crippen LogP contribution >= 0.6 is 0 Å². The van der Waals surface area contributed by atoms with Gasteiger partial charge in [0.15, 0.2) is 0 Å². The number of likely N-dealkylation sites (tertiary alicyclic amines) is 1. The third kappa shape index (κ3) is 3.24. The summed E-state index contributed by atoms with van der Waals surface area (Å²) in [6.45, 7) is 0.776. The largest absolute Gasteiger partial charge is 0.338 e. The van der Waals surface area contributed by atoms with Crippen LogP contribution in [0.2, 0.25) is 0 Å². The van der Waals surface area contributed by atoms with E-state index in [9.17, 15) is 9.18 Å². The molecule has 2 aliphatic carbocycles. The van der Waals surface area contributed by atoms with E-state index in [4.69, 9.17) is 5.73 Å². The number of carbonyl (C=O) groups is 1. The number of nitrogens with zero attached hydrogens (tertiary/aromatic N) is 1. The second-order valence-electron chi connectivity index (χ2n) is 9.07. The Morgan fingerprint density at radius 1 is 1.11 bits per heavy atom. The zero-order chi connectivity index (χ0) is 19.3. The van der Waals surface area contributed by atoms with Crippen LogP contribution in [-0.4, -0.2) is 29.4 Å². The van der Waals surface area contributed by atoms with Gasteiger partial charge in [0, 0.05) is 18.5 Å². The van der Waals surface area contributed by atoms with Gasteiger partial charge in [-0.2, -0.15) is 0 Å². The summed E-state index contributed by atoms with van der Waals surface area (Å²) < 4.78 is 13.6. The maximum Gasteiger partial charge on any atom is 0.226 e. The van der Waals surface area contributed by atoms with Crippen molar-refractivity contribution in [2.24, 2.45) is 17.1 Å². The van der Waals surface area contributed by atoms with Crippen molar-refractivity contribution in [2.75, 3.05) is 6.54 Å². The average molecular weight is 378 g/mol. The van der Waals surface area contributed by atoms with E-state index in [0.717, 1.165) is 48.9 Å². The van der Waals surface area contributed by atoms with Crippen molar-refractivity contribution in [1.82, 2.24) is 4.90 Å². The van der Waals surface area contributed by atoms with Gasteiger partial charge in [0.05, 0.1) is 6.04 Å². The summed E-state index contributed by atoms with van der Waals surface area (Å²) in [6.07, 6.45) is 6.42. The Balaban J connectivity index is 1.32. The maximum absolute atomic E-state index is 13.6. The molecule has 28 heavy (non-hydrogen) atoms. The molecule has 1 amide bonds. The summed E-state index contributed by atoms with van der Waals surface area (Å²) in [5, 5.41) is 0. The molecule has 0 radical (unpaired) electrons. The molecule has 0 aromatic heterocycles. The predicted molar refractivity (Wildman–Crippen MR) is 108 cm³/mol. The molecule has 1 spiro atoms. The summed E-state index contributed by atoms with van der Waals surface area (Å²) in [6, 6.07) is 14.9. The van der Waals surface area contributed by atoms with Gasteiger partial charge in [-0.3, -0.25) is 4.79 Å². The first-order valence-electron chi connectivity index (χ1n) is 10.4. The summed E-state index contributed by atoms with van der Waals surface area (Å²) in [4.78, 5) is 15.1. The van der Waals surface area contributed by atoms with Gasteiger partial charge in [0.25, 0.3) is 0 Å².